The molecule has 1 heterocycles. The third kappa shape index (κ3) is 3.83. The molecular weight excluding hydrogens is 358 g/mol. The molecule has 0 bridgehead atoms. The first-order valence-electron chi connectivity index (χ1n) is 8.85. The number of likely N-dealkylation sites (N-methyl/N-ethyl adjacent to an activating group) is 1. The molecule has 3 rings (SSSR count). The van der Waals surface area contributed by atoms with E-state index in [0.717, 1.165) is 16.7 Å². The summed E-state index contributed by atoms with van der Waals surface area (Å²) in [6, 6.07) is 11.4. The van der Waals surface area contributed by atoms with Gasteiger partial charge in [0.2, 0.25) is 11.8 Å². The summed E-state index contributed by atoms with van der Waals surface area (Å²) in [6.07, 6.45) is 0. The van der Waals surface area contributed by atoms with Crippen molar-refractivity contribution >= 4 is 23.2 Å². The largest absolute Gasteiger partial charge is 0.493 e. The molecule has 1 aliphatic rings. The second-order valence-electron chi connectivity index (χ2n) is 6.45. The van der Waals surface area contributed by atoms with E-state index in [-0.39, 0.29) is 18.4 Å². The van der Waals surface area contributed by atoms with Crippen LogP contribution in [-0.2, 0) is 16.1 Å². The van der Waals surface area contributed by atoms with Crippen LogP contribution in [0.1, 0.15) is 23.6 Å². The lowest BCUT2D eigenvalue weighted by molar-refractivity contribution is -0.119. The fourth-order valence-corrected chi connectivity index (χ4v) is 3.11. The summed E-state index contributed by atoms with van der Waals surface area (Å²) in [4.78, 5) is 29.8. The van der Waals surface area contributed by atoms with Crippen molar-refractivity contribution in [3.8, 4) is 11.5 Å². The van der Waals surface area contributed by atoms with Crippen LogP contribution in [0.25, 0.3) is 0 Å². The highest BCUT2D eigenvalue weighted by Crippen LogP contribution is 2.37. The van der Waals surface area contributed by atoms with E-state index in [0.29, 0.717) is 29.4 Å². The van der Waals surface area contributed by atoms with Gasteiger partial charge in [0, 0.05) is 37.7 Å². The van der Waals surface area contributed by atoms with Gasteiger partial charge in [-0.05, 0) is 17.7 Å². The Hall–Kier alpha value is -3.35. The van der Waals surface area contributed by atoms with E-state index in [1.54, 1.807) is 32.2 Å². The van der Waals surface area contributed by atoms with Gasteiger partial charge in [-0.1, -0.05) is 18.2 Å². The smallest absolute Gasteiger partial charge is 0.248 e. The standard InChI is InChI=1S/C21H23N3O4/c1-13(25)22-11-14-6-5-7-15(8-14)21-16-9-18(27-3)19(28-4)10-17(16)24(2)20(26)12-23-21/h5-10H,11-12H2,1-4H3,(H,22,25). The van der Waals surface area contributed by atoms with E-state index < -0.39 is 0 Å². The molecule has 0 saturated carbocycles. The van der Waals surface area contributed by atoms with E-state index in [1.165, 1.54) is 6.92 Å². The minimum absolute atomic E-state index is 0.0427. The lowest BCUT2D eigenvalue weighted by Crippen LogP contribution is -2.27. The van der Waals surface area contributed by atoms with Gasteiger partial charge in [-0.2, -0.15) is 0 Å². The number of hydrogen-bond donors (Lipinski definition) is 1. The molecule has 7 heteroatoms. The van der Waals surface area contributed by atoms with Gasteiger partial charge in [0.15, 0.2) is 11.5 Å². The molecule has 146 valence electrons. The Morgan fingerprint density at radius 2 is 1.89 bits per heavy atom. The first-order valence-corrected chi connectivity index (χ1v) is 8.85. The van der Waals surface area contributed by atoms with Crippen LogP contribution in [0.15, 0.2) is 41.4 Å². The predicted molar refractivity (Wildman–Crippen MR) is 107 cm³/mol. The number of benzodiazepines with no additional fused rings is 1. The number of hydrogen-bond acceptors (Lipinski definition) is 5. The minimum Gasteiger partial charge on any atom is -0.493 e. The van der Waals surface area contributed by atoms with Crippen molar-refractivity contribution in [3.63, 3.8) is 0 Å². The predicted octanol–water partition coefficient (Wildman–Crippen LogP) is 2.15. The zero-order valence-corrected chi connectivity index (χ0v) is 16.4. The molecule has 7 nitrogen and oxygen atoms in total. The van der Waals surface area contributed by atoms with Crippen molar-refractivity contribution in [1.82, 2.24) is 5.32 Å². The van der Waals surface area contributed by atoms with Crippen LogP contribution in [0.3, 0.4) is 0 Å². The maximum atomic E-state index is 12.5. The molecule has 0 unspecified atom stereocenters. The molecule has 0 aromatic heterocycles. The number of carbonyl (C=O) groups excluding carboxylic acids is 2. The van der Waals surface area contributed by atoms with Crippen LogP contribution in [-0.4, -0.2) is 45.3 Å². The normalized spacial score (nSPS) is 13.4. The average molecular weight is 381 g/mol. The fraction of sp³-hybridized carbons (Fsp3) is 0.286. The number of anilines is 1. The number of aliphatic imine (C=N–C) groups is 1. The Bertz CT molecular complexity index is 953. The van der Waals surface area contributed by atoms with Gasteiger partial charge in [0.25, 0.3) is 0 Å². The summed E-state index contributed by atoms with van der Waals surface area (Å²) >= 11 is 0. The number of ether oxygens (including phenoxy) is 2. The van der Waals surface area contributed by atoms with Crippen molar-refractivity contribution in [2.75, 3.05) is 32.7 Å². The molecule has 2 aromatic rings. The number of amides is 2. The summed E-state index contributed by atoms with van der Waals surface area (Å²) < 4.78 is 10.8. The van der Waals surface area contributed by atoms with Crippen molar-refractivity contribution in [1.29, 1.82) is 0 Å². The second-order valence-corrected chi connectivity index (χ2v) is 6.45. The third-order valence-corrected chi connectivity index (χ3v) is 4.61. The number of nitrogens with zero attached hydrogens (tertiary/aromatic N) is 2. The molecule has 0 spiro atoms. The molecular formula is C21H23N3O4. The van der Waals surface area contributed by atoms with E-state index >= 15 is 0 Å². The zero-order chi connectivity index (χ0) is 20.3. The molecule has 2 amide bonds. The van der Waals surface area contributed by atoms with Gasteiger partial charge in [0.1, 0.15) is 6.54 Å². The molecule has 28 heavy (non-hydrogen) atoms. The van der Waals surface area contributed by atoms with E-state index in [2.05, 4.69) is 10.3 Å². The number of rotatable bonds is 5. The molecule has 0 atom stereocenters. The Labute approximate surface area is 164 Å². The fourth-order valence-electron chi connectivity index (χ4n) is 3.11. The van der Waals surface area contributed by atoms with Crippen LogP contribution in [0, 0.1) is 0 Å². The molecule has 1 N–H and O–H groups in total. The highest BCUT2D eigenvalue weighted by molar-refractivity contribution is 6.20. The maximum absolute atomic E-state index is 12.5. The number of carbonyl (C=O) groups is 2. The summed E-state index contributed by atoms with van der Waals surface area (Å²) in [5, 5.41) is 2.79. The summed E-state index contributed by atoms with van der Waals surface area (Å²) in [5.41, 5.74) is 3.98. The molecule has 1 aliphatic heterocycles. The lowest BCUT2D eigenvalue weighted by Gasteiger charge is -2.20. The van der Waals surface area contributed by atoms with Crippen LogP contribution >= 0.6 is 0 Å². The van der Waals surface area contributed by atoms with Crippen molar-refractivity contribution in [2.24, 2.45) is 4.99 Å². The summed E-state index contributed by atoms with van der Waals surface area (Å²) in [7, 11) is 4.85. The molecule has 0 aliphatic carbocycles. The quantitative estimate of drug-likeness (QED) is 0.861. The van der Waals surface area contributed by atoms with Gasteiger partial charge in [-0.25, -0.2) is 0 Å². The summed E-state index contributed by atoms with van der Waals surface area (Å²) in [5.74, 6) is 0.900. The Morgan fingerprint density at radius 1 is 1.18 bits per heavy atom. The Balaban J connectivity index is 2.12. The van der Waals surface area contributed by atoms with Crippen molar-refractivity contribution < 1.29 is 19.1 Å². The van der Waals surface area contributed by atoms with E-state index in [4.69, 9.17) is 9.47 Å². The van der Waals surface area contributed by atoms with Crippen molar-refractivity contribution in [3.05, 3.63) is 53.1 Å². The minimum atomic E-state index is -0.113. The second kappa shape index (κ2) is 8.12. The molecule has 0 saturated heterocycles. The topological polar surface area (TPSA) is 80.2 Å². The van der Waals surface area contributed by atoms with Gasteiger partial charge in [-0.3, -0.25) is 14.6 Å². The number of methoxy groups -OCH3 is 2. The lowest BCUT2D eigenvalue weighted by atomic mass is 9.98. The first-order chi connectivity index (χ1) is 13.4. The third-order valence-electron chi connectivity index (χ3n) is 4.61. The zero-order valence-electron chi connectivity index (χ0n) is 16.4. The summed E-state index contributed by atoms with van der Waals surface area (Å²) in [6.45, 7) is 1.95. The van der Waals surface area contributed by atoms with Gasteiger partial charge < -0.3 is 19.7 Å². The maximum Gasteiger partial charge on any atom is 0.248 e. The average Bonchev–Trinajstić information content (AvgIpc) is 2.82. The van der Waals surface area contributed by atoms with Crippen LogP contribution in [0.5, 0.6) is 11.5 Å². The highest BCUT2D eigenvalue weighted by Gasteiger charge is 2.25. The van der Waals surface area contributed by atoms with Crippen LogP contribution in [0.4, 0.5) is 5.69 Å². The number of fused-ring (bicyclic) bond motifs is 1. The van der Waals surface area contributed by atoms with Crippen molar-refractivity contribution in [2.45, 2.75) is 13.5 Å². The molecule has 2 aromatic carbocycles. The molecule has 0 fully saturated rings. The molecule has 0 radical (unpaired) electrons. The Kier molecular flexibility index (Phi) is 5.63. The Morgan fingerprint density at radius 3 is 2.57 bits per heavy atom. The van der Waals surface area contributed by atoms with E-state index in [1.807, 2.05) is 30.3 Å². The van der Waals surface area contributed by atoms with Gasteiger partial charge >= 0.3 is 0 Å². The first kappa shape index (κ1) is 19.4. The number of benzene rings is 2. The SMILES string of the molecule is COc1cc2c(cc1OC)N(C)C(=O)CN=C2c1cccc(CNC(C)=O)c1. The van der Waals surface area contributed by atoms with Crippen LogP contribution < -0.4 is 19.7 Å². The van der Waals surface area contributed by atoms with Gasteiger partial charge in [-0.15, -0.1) is 0 Å². The van der Waals surface area contributed by atoms with Crippen LogP contribution in [0.2, 0.25) is 0 Å². The van der Waals surface area contributed by atoms with Gasteiger partial charge in [0.05, 0.1) is 25.6 Å². The monoisotopic (exact) mass is 381 g/mol. The highest BCUT2D eigenvalue weighted by atomic mass is 16.5. The number of nitrogens with one attached hydrogen (secondary N) is 1. The van der Waals surface area contributed by atoms with E-state index in [9.17, 15) is 9.59 Å².